The molecule has 0 radical (unpaired) electrons. The lowest BCUT2D eigenvalue weighted by molar-refractivity contribution is -0.387. The fourth-order valence-corrected chi connectivity index (χ4v) is 1.83. The molecule has 0 atom stereocenters. The molecule has 0 fully saturated rings. The van der Waals surface area contributed by atoms with Crippen molar-refractivity contribution in [3.05, 3.63) is 32.3 Å². The number of carbonyl (C=O) groups excluding carboxylic acids is 1. The maximum atomic E-state index is 12.2. The van der Waals surface area contributed by atoms with Crippen LogP contribution in [0.15, 0.2) is 16.6 Å². The first-order valence-electron chi connectivity index (χ1n) is 4.84. The first-order valence-corrected chi connectivity index (χ1v) is 5.63. The molecule has 6 nitrogen and oxygen atoms in total. The van der Waals surface area contributed by atoms with Gasteiger partial charge in [0.25, 0.3) is 0 Å². The molecule has 19 heavy (non-hydrogen) atoms. The number of benzene rings is 1. The molecule has 0 bridgehead atoms. The number of nitro groups is 1. The van der Waals surface area contributed by atoms with E-state index in [4.69, 9.17) is 0 Å². The van der Waals surface area contributed by atoms with Crippen molar-refractivity contribution in [2.24, 2.45) is 0 Å². The Kier molecular flexibility index (Phi) is 5.16. The Morgan fingerprint density at radius 3 is 2.63 bits per heavy atom. The molecule has 0 N–H and O–H groups in total. The summed E-state index contributed by atoms with van der Waals surface area (Å²) in [5.41, 5.74) is -0.782. The number of halogens is 3. The number of rotatable bonds is 5. The molecule has 1 aromatic rings. The highest BCUT2D eigenvalue weighted by atomic mass is 79.9. The minimum atomic E-state index is -3.20. The van der Waals surface area contributed by atoms with E-state index in [1.807, 2.05) is 0 Å². The summed E-state index contributed by atoms with van der Waals surface area (Å²) in [6, 6.07) is 2.30. The molecule has 0 unspecified atom stereocenters. The summed E-state index contributed by atoms with van der Waals surface area (Å²) >= 11 is 3.02. The van der Waals surface area contributed by atoms with Gasteiger partial charge in [-0.1, -0.05) is 15.9 Å². The SMILES string of the molecule is COC(=O)Cc1c(Br)ccc(OC(F)F)c1[N+](=O)[O-]. The molecule has 0 heterocycles. The van der Waals surface area contributed by atoms with Crippen molar-refractivity contribution in [3.8, 4) is 5.75 Å². The van der Waals surface area contributed by atoms with E-state index in [1.54, 1.807) is 0 Å². The number of methoxy groups -OCH3 is 1. The van der Waals surface area contributed by atoms with Crippen molar-refractivity contribution in [1.29, 1.82) is 0 Å². The van der Waals surface area contributed by atoms with Crippen molar-refractivity contribution in [2.75, 3.05) is 7.11 Å². The largest absolute Gasteiger partial charge is 0.469 e. The first kappa shape index (κ1) is 15.3. The number of carbonyl (C=O) groups is 1. The van der Waals surface area contributed by atoms with E-state index in [0.717, 1.165) is 13.2 Å². The van der Waals surface area contributed by atoms with Crippen LogP contribution in [0.3, 0.4) is 0 Å². The molecule has 104 valence electrons. The zero-order valence-corrected chi connectivity index (χ0v) is 11.1. The van der Waals surface area contributed by atoms with Gasteiger partial charge in [0, 0.05) is 4.47 Å². The van der Waals surface area contributed by atoms with Crippen LogP contribution in [-0.4, -0.2) is 24.6 Å². The van der Waals surface area contributed by atoms with Crippen molar-refractivity contribution >= 4 is 27.6 Å². The van der Waals surface area contributed by atoms with Crippen LogP contribution in [0, 0.1) is 10.1 Å². The summed E-state index contributed by atoms with van der Waals surface area (Å²) < 4.78 is 33.0. The highest BCUT2D eigenvalue weighted by Crippen LogP contribution is 2.37. The van der Waals surface area contributed by atoms with Crippen LogP contribution in [-0.2, 0) is 16.0 Å². The molecular formula is C10H8BrF2NO5. The number of hydrogen-bond donors (Lipinski definition) is 0. The second-order valence-corrected chi connectivity index (χ2v) is 4.12. The lowest BCUT2D eigenvalue weighted by Gasteiger charge is -2.10. The Morgan fingerprint density at radius 2 is 2.16 bits per heavy atom. The van der Waals surface area contributed by atoms with E-state index >= 15 is 0 Å². The topological polar surface area (TPSA) is 78.7 Å². The van der Waals surface area contributed by atoms with Crippen LogP contribution < -0.4 is 4.74 Å². The van der Waals surface area contributed by atoms with Crippen molar-refractivity contribution < 1.29 is 28.0 Å². The molecule has 0 saturated carbocycles. The lowest BCUT2D eigenvalue weighted by atomic mass is 10.1. The summed E-state index contributed by atoms with van der Waals surface area (Å²) in [4.78, 5) is 21.3. The molecular weight excluding hydrogens is 332 g/mol. The summed E-state index contributed by atoms with van der Waals surface area (Å²) in [5, 5.41) is 11.0. The van der Waals surface area contributed by atoms with Gasteiger partial charge in [-0.2, -0.15) is 8.78 Å². The standard InChI is InChI=1S/C10H8BrF2NO5/c1-18-8(15)4-5-6(11)2-3-7(19-10(12)13)9(5)14(16)17/h2-3,10H,4H2,1H3. The van der Waals surface area contributed by atoms with Crippen molar-refractivity contribution in [1.82, 2.24) is 0 Å². The van der Waals surface area contributed by atoms with Gasteiger partial charge in [-0.25, -0.2) is 0 Å². The summed E-state index contributed by atoms with van der Waals surface area (Å²) in [7, 11) is 1.11. The van der Waals surface area contributed by atoms with Gasteiger partial charge in [-0.15, -0.1) is 0 Å². The fourth-order valence-electron chi connectivity index (χ4n) is 1.37. The predicted octanol–water partition coefficient (Wildman–Crippen LogP) is 2.67. The molecule has 0 aromatic heterocycles. The highest BCUT2D eigenvalue weighted by molar-refractivity contribution is 9.10. The minimum Gasteiger partial charge on any atom is -0.469 e. The Labute approximate surface area is 114 Å². The third kappa shape index (κ3) is 3.85. The average molecular weight is 340 g/mol. The van der Waals surface area contributed by atoms with Crippen LogP contribution >= 0.6 is 15.9 Å². The summed E-state index contributed by atoms with van der Waals surface area (Å²) in [6.07, 6.45) is -0.437. The van der Waals surface area contributed by atoms with Gasteiger partial charge in [-0.05, 0) is 12.1 Å². The second-order valence-electron chi connectivity index (χ2n) is 3.26. The number of esters is 1. The van der Waals surface area contributed by atoms with Gasteiger partial charge in [0.2, 0.25) is 5.75 Å². The average Bonchev–Trinajstić information content (AvgIpc) is 2.32. The van der Waals surface area contributed by atoms with Gasteiger partial charge in [-0.3, -0.25) is 14.9 Å². The molecule has 1 rings (SSSR count). The summed E-state index contributed by atoms with van der Waals surface area (Å²) in [6.45, 7) is -3.20. The number of nitrogens with zero attached hydrogens (tertiary/aromatic N) is 1. The van der Waals surface area contributed by atoms with Crippen LogP contribution in [0.25, 0.3) is 0 Å². The lowest BCUT2D eigenvalue weighted by Crippen LogP contribution is -2.10. The van der Waals surface area contributed by atoms with Gasteiger partial charge in [0.1, 0.15) is 0 Å². The van der Waals surface area contributed by atoms with Crippen LogP contribution in [0.5, 0.6) is 5.75 Å². The van der Waals surface area contributed by atoms with E-state index in [-0.39, 0.29) is 10.0 Å². The maximum Gasteiger partial charge on any atom is 0.387 e. The molecule has 0 spiro atoms. The molecule has 0 amide bonds. The third-order valence-electron chi connectivity index (χ3n) is 2.14. The van der Waals surface area contributed by atoms with Crippen LogP contribution in [0.1, 0.15) is 5.56 Å². The van der Waals surface area contributed by atoms with Gasteiger partial charge in [0.05, 0.1) is 24.0 Å². The number of alkyl halides is 2. The smallest absolute Gasteiger partial charge is 0.387 e. The van der Waals surface area contributed by atoms with E-state index in [0.29, 0.717) is 0 Å². The van der Waals surface area contributed by atoms with E-state index in [2.05, 4.69) is 25.4 Å². The number of hydrogen-bond acceptors (Lipinski definition) is 5. The third-order valence-corrected chi connectivity index (χ3v) is 2.88. The second kappa shape index (κ2) is 6.41. The highest BCUT2D eigenvalue weighted by Gasteiger charge is 2.27. The fraction of sp³-hybridized carbons (Fsp3) is 0.300. The van der Waals surface area contributed by atoms with Crippen molar-refractivity contribution in [3.63, 3.8) is 0 Å². The van der Waals surface area contributed by atoms with Gasteiger partial charge < -0.3 is 9.47 Å². The van der Waals surface area contributed by atoms with Gasteiger partial charge >= 0.3 is 18.3 Å². The zero-order valence-electron chi connectivity index (χ0n) is 9.56. The Bertz CT molecular complexity index is 509. The normalized spacial score (nSPS) is 10.4. The Morgan fingerprint density at radius 1 is 1.53 bits per heavy atom. The Hall–Kier alpha value is -1.77. The molecule has 9 heteroatoms. The minimum absolute atomic E-state index is 0.0880. The molecule has 0 aliphatic carbocycles. The summed E-state index contributed by atoms with van der Waals surface area (Å²) in [5.74, 6) is -1.35. The zero-order chi connectivity index (χ0) is 14.6. The predicted molar refractivity (Wildman–Crippen MR) is 63.1 cm³/mol. The number of nitro benzene ring substituents is 1. The van der Waals surface area contributed by atoms with E-state index < -0.39 is 35.4 Å². The monoisotopic (exact) mass is 339 g/mol. The van der Waals surface area contributed by atoms with Crippen LogP contribution in [0.4, 0.5) is 14.5 Å². The molecule has 0 aliphatic heterocycles. The quantitative estimate of drug-likeness (QED) is 0.468. The van der Waals surface area contributed by atoms with E-state index in [9.17, 15) is 23.7 Å². The molecule has 0 aliphatic rings. The van der Waals surface area contributed by atoms with E-state index in [1.165, 1.54) is 6.07 Å². The Balaban J connectivity index is 3.33. The maximum absolute atomic E-state index is 12.2. The molecule has 1 aromatic carbocycles. The van der Waals surface area contributed by atoms with Crippen molar-refractivity contribution in [2.45, 2.75) is 13.0 Å². The van der Waals surface area contributed by atoms with Crippen LogP contribution in [0.2, 0.25) is 0 Å². The first-order chi connectivity index (χ1) is 8.86. The number of ether oxygens (including phenoxy) is 2. The molecule has 0 saturated heterocycles. The van der Waals surface area contributed by atoms with Gasteiger partial charge in [0.15, 0.2) is 0 Å².